The Morgan fingerprint density at radius 3 is 2.82 bits per heavy atom. The summed E-state index contributed by atoms with van der Waals surface area (Å²) >= 11 is 12.1. The molecule has 0 aliphatic heterocycles. The van der Waals surface area contributed by atoms with E-state index in [-0.39, 0.29) is 6.03 Å². The average molecular weight is 270 g/mol. The van der Waals surface area contributed by atoms with Gasteiger partial charge in [-0.05, 0) is 18.6 Å². The van der Waals surface area contributed by atoms with Gasteiger partial charge in [0.05, 0.1) is 15.7 Å². The van der Waals surface area contributed by atoms with Crippen LogP contribution in [0.1, 0.15) is 5.56 Å². The Morgan fingerprint density at radius 2 is 2.18 bits per heavy atom. The smallest absolute Gasteiger partial charge is 0.304 e. The third-order valence-corrected chi connectivity index (χ3v) is 3.06. The Bertz CT molecular complexity index is 552. The van der Waals surface area contributed by atoms with E-state index in [1.54, 1.807) is 12.1 Å². The second-order valence-corrected chi connectivity index (χ2v) is 4.24. The highest BCUT2D eigenvalue weighted by Gasteiger charge is 2.12. The molecule has 0 radical (unpaired) electrons. The van der Waals surface area contributed by atoms with Crippen LogP contribution in [-0.2, 0) is 0 Å². The predicted octanol–water partition coefficient (Wildman–Crippen LogP) is 3.58. The van der Waals surface area contributed by atoms with E-state index in [0.29, 0.717) is 15.7 Å². The molecular formula is C11H9Cl2N3O. The van der Waals surface area contributed by atoms with Crippen molar-refractivity contribution in [3.05, 3.63) is 46.5 Å². The summed E-state index contributed by atoms with van der Waals surface area (Å²) in [6, 6.07) is 3.11. The maximum atomic E-state index is 11.8. The van der Waals surface area contributed by atoms with E-state index < -0.39 is 0 Å². The van der Waals surface area contributed by atoms with Crippen molar-refractivity contribution >= 4 is 34.9 Å². The van der Waals surface area contributed by atoms with E-state index >= 15 is 0 Å². The Hall–Kier alpha value is -1.52. The highest BCUT2D eigenvalue weighted by atomic mass is 35.5. The number of carbonyl (C=O) groups excluding carboxylic acids is 1. The van der Waals surface area contributed by atoms with Crippen LogP contribution in [0.2, 0.25) is 10.0 Å². The van der Waals surface area contributed by atoms with Gasteiger partial charge in [-0.25, -0.2) is 9.78 Å². The van der Waals surface area contributed by atoms with E-state index in [9.17, 15) is 4.79 Å². The molecule has 0 atom stereocenters. The van der Waals surface area contributed by atoms with Gasteiger partial charge in [-0.15, -0.1) is 0 Å². The number of nitrogens with zero attached hydrogens (tertiary/aromatic N) is 2. The van der Waals surface area contributed by atoms with Crippen LogP contribution in [0.4, 0.5) is 10.5 Å². The van der Waals surface area contributed by atoms with Crippen LogP contribution in [0.3, 0.4) is 0 Å². The number of benzene rings is 1. The molecule has 88 valence electrons. The predicted molar refractivity (Wildman–Crippen MR) is 67.8 cm³/mol. The van der Waals surface area contributed by atoms with Crippen LogP contribution < -0.4 is 5.32 Å². The first-order valence-corrected chi connectivity index (χ1v) is 5.59. The Labute approximate surface area is 108 Å². The van der Waals surface area contributed by atoms with Crippen LogP contribution in [0.25, 0.3) is 0 Å². The number of anilines is 1. The molecule has 2 rings (SSSR count). The molecule has 1 heterocycles. The minimum absolute atomic E-state index is 0.364. The van der Waals surface area contributed by atoms with Crippen LogP contribution in [0.5, 0.6) is 0 Å². The van der Waals surface area contributed by atoms with E-state index in [4.69, 9.17) is 23.2 Å². The molecular weight excluding hydrogens is 261 g/mol. The molecule has 0 aliphatic carbocycles. The highest BCUT2D eigenvalue weighted by Crippen LogP contribution is 2.32. The molecule has 17 heavy (non-hydrogen) atoms. The lowest BCUT2D eigenvalue weighted by Gasteiger charge is -2.10. The number of imidazole rings is 1. The minimum atomic E-state index is -0.364. The van der Waals surface area contributed by atoms with E-state index in [1.165, 1.54) is 23.3 Å². The van der Waals surface area contributed by atoms with Crippen molar-refractivity contribution in [3.8, 4) is 0 Å². The Morgan fingerprint density at radius 1 is 1.41 bits per heavy atom. The van der Waals surface area contributed by atoms with Gasteiger partial charge in [0.15, 0.2) is 0 Å². The molecule has 0 saturated carbocycles. The van der Waals surface area contributed by atoms with Crippen molar-refractivity contribution < 1.29 is 4.79 Å². The van der Waals surface area contributed by atoms with Gasteiger partial charge >= 0.3 is 6.03 Å². The third-order valence-electron chi connectivity index (χ3n) is 2.26. The normalized spacial score (nSPS) is 10.3. The maximum Gasteiger partial charge on any atom is 0.331 e. The molecule has 0 saturated heterocycles. The number of nitrogens with one attached hydrogen (secondary N) is 1. The van der Waals surface area contributed by atoms with Crippen molar-refractivity contribution in [1.82, 2.24) is 9.55 Å². The first-order chi connectivity index (χ1) is 8.09. The van der Waals surface area contributed by atoms with Crippen LogP contribution in [0.15, 0.2) is 30.9 Å². The lowest BCUT2D eigenvalue weighted by molar-refractivity contribution is 0.253. The molecule has 0 unspecified atom stereocenters. The zero-order valence-corrected chi connectivity index (χ0v) is 10.5. The third kappa shape index (κ3) is 2.43. The number of rotatable bonds is 1. The highest BCUT2D eigenvalue weighted by molar-refractivity contribution is 6.40. The molecule has 1 aromatic heterocycles. The number of aromatic nitrogens is 2. The zero-order valence-electron chi connectivity index (χ0n) is 8.95. The van der Waals surface area contributed by atoms with Gasteiger partial charge in [-0.2, -0.15) is 0 Å². The standard InChI is InChI=1S/C11H9Cl2N3O/c1-7-2-3-8(12)10(9(7)13)15-11(17)16-5-4-14-6-16/h2-6H,1H3,(H,15,17). The Balaban J connectivity index is 2.31. The number of carbonyl (C=O) groups is 1. The summed E-state index contributed by atoms with van der Waals surface area (Å²) in [7, 11) is 0. The first-order valence-electron chi connectivity index (χ1n) is 4.83. The van der Waals surface area contributed by atoms with E-state index in [1.807, 2.05) is 6.92 Å². The molecule has 0 aliphatic rings. The van der Waals surface area contributed by atoms with Gasteiger partial charge in [0.1, 0.15) is 6.33 Å². The number of amides is 1. The first kappa shape index (κ1) is 12.0. The fraction of sp³-hybridized carbons (Fsp3) is 0.0909. The van der Waals surface area contributed by atoms with Gasteiger partial charge in [-0.3, -0.25) is 4.57 Å². The Kier molecular flexibility index (Phi) is 3.36. The van der Waals surface area contributed by atoms with Crippen molar-refractivity contribution in [2.75, 3.05) is 5.32 Å². The summed E-state index contributed by atoms with van der Waals surface area (Å²) in [4.78, 5) is 15.6. The summed E-state index contributed by atoms with van der Waals surface area (Å²) in [5.74, 6) is 0. The average Bonchev–Trinajstić information content (AvgIpc) is 2.83. The molecule has 1 N–H and O–H groups in total. The summed E-state index contributed by atoms with van der Waals surface area (Å²) in [5.41, 5.74) is 1.25. The number of aryl methyl sites for hydroxylation is 1. The van der Waals surface area contributed by atoms with Crippen LogP contribution >= 0.6 is 23.2 Å². The molecule has 0 spiro atoms. The SMILES string of the molecule is Cc1ccc(Cl)c(NC(=O)n2ccnc2)c1Cl. The van der Waals surface area contributed by atoms with Gasteiger partial charge in [0.2, 0.25) is 0 Å². The molecule has 4 nitrogen and oxygen atoms in total. The molecule has 0 fully saturated rings. The molecule has 2 aromatic rings. The minimum Gasteiger partial charge on any atom is -0.304 e. The summed E-state index contributed by atoms with van der Waals surface area (Å²) < 4.78 is 1.30. The second-order valence-electron chi connectivity index (χ2n) is 3.45. The lowest BCUT2D eigenvalue weighted by Crippen LogP contribution is -2.18. The second kappa shape index (κ2) is 4.77. The van der Waals surface area contributed by atoms with Gasteiger partial charge in [-0.1, -0.05) is 29.3 Å². The monoisotopic (exact) mass is 269 g/mol. The molecule has 0 bridgehead atoms. The molecule has 1 amide bonds. The van der Waals surface area contributed by atoms with Crippen molar-refractivity contribution in [1.29, 1.82) is 0 Å². The van der Waals surface area contributed by atoms with Gasteiger partial charge < -0.3 is 5.32 Å². The molecule has 6 heteroatoms. The number of halogens is 2. The van der Waals surface area contributed by atoms with Crippen molar-refractivity contribution in [2.24, 2.45) is 0 Å². The summed E-state index contributed by atoms with van der Waals surface area (Å²) in [6.07, 6.45) is 4.44. The fourth-order valence-corrected chi connectivity index (χ4v) is 1.79. The van der Waals surface area contributed by atoms with Crippen molar-refractivity contribution in [2.45, 2.75) is 6.92 Å². The lowest BCUT2D eigenvalue weighted by atomic mass is 10.2. The maximum absolute atomic E-state index is 11.8. The van der Waals surface area contributed by atoms with Gasteiger partial charge in [0, 0.05) is 12.4 Å². The zero-order chi connectivity index (χ0) is 12.4. The topological polar surface area (TPSA) is 46.9 Å². The van der Waals surface area contributed by atoms with Gasteiger partial charge in [0.25, 0.3) is 0 Å². The summed E-state index contributed by atoms with van der Waals surface area (Å²) in [5, 5.41) is 3.48. The van der Waals surface area contributed by atoms with Crippen molar-refractivity contribution in [3.63, 3.8) is 0 Å². The van der Waals surface area contributed by atoms with E-state index in [2.05, 4.69) is 10.3 Å². The summed E-state index contributed by atoms with van der Waals surface area (Å²) in [6.45, 7) is 1.84. The number of hydrogen-bond donors (Lipinski definition) is 1. The van der Waals surface area contributed by atoms with Crippen LogP contribution in [0, 0.1) is 6.92 Å². The quantitative estimate of drug-likeness (QED) is 0.860. The van der Waals surface area contributed by atoms with E-state index in [0.717, 1.165) is 5.56 Å². The largest absolute Gasteiger partial charge is 0.331 e. The number of hydrogen-bond acceptors (Lipinski definition) is 2. The fourth-order valence-electron chi connectivity index (χ4n) is 1.32. The van der Waals surface area contributed by atoms with Crippen LogP contribution in [-0.4, -0.2) is 15.6 Å². The molecule has 1 aromatic carbocycles.